The number of thiophene rings is 1. The Bertz CT molecular complexity index is 1250. The summed E-state index contributed by atoms with van der Waals surface area (Å²) < 4.78 is 0.882. The van der Waals surface area contributed by atoms with Crippen LogP contribution in [0.1, 0.15) is 60.3 Å². The Labute approximate surface area is 210 Å². The second-order valence-corrected chi connectivity index (χ2v) is 10.3. The summed E-state index contributed by atoms with van der Waals surface area (Å²) in [6, 6.07) is 16.5. The molecule has 0 unspecified atom stereocenters. The Hall–Kier alpha value is -3.16. The van der Waals surface area contributed by atoms with Crippen LogP contribution in [-0.4, -0.2) is 38.7 Å². The number of carbonyl (C=O) groups is 1. The van der Waals surface area contributed by atoms with E-state index in [0.717, 1.165) is 54.7 Å². The standard InChI is InChI=1S/C28H31N5OS/c1-20(23-8-5-14-29-18-23)30-28-31-24-13-17-35-27(24)26(32-28)25(34)10-9-21-11-15-33(16-12-21)19-22-6-3-2-4-7-22/h2-8,13-14,17-18,20-21H,9-12,15-16,19H2,1H3,(H,30,31,32)/t20-/m0/s1. The van der Waals surface area contributed by atoms with Crippen molar-refractivity contribution in [2.24, 2.45) is 5.92 Å². The van der Waals surface area contributed by atoms with Gasteiger partial charge in [0.1, 0.15) is 5.69 Å². The third-order valence-corrected chi connectivity index (χ3v) is 7.74. The lowest BCUT2D eigenvalue weighted by Gasteiger charge is -2.31. The largest absolute Gasteiger partial charge is 0.348 e. The molecule has 4 heterocycles. The van der Waals surface area contributed by atoms with Crippen LogP contribution >= 0.6 is 11.3 Å². The maximum atomic E-state index is 13.3. The highest BCUT2D eigenvalue weighted by Crippen LogP contribution is 2.28. The smallest absolute Gasteiger partial charge is 0.224 e. The van der Waals surface area contributed by atoms with Crippen LogP contribution in [0.4, 0.5) is 5.95 Å². The van der Waals surface area contributed by atoms with Crippen molar-refractivity contribution in [3.63, 3.8) is 0 Å². The predicted molar refractivity (Wildman–Crippen MR) is 142 cm³/mol. The first-order valence-corrected chi connectivity index (χ1v) is 13.2. The lowest BCUT2D eigenvalue weighted by Crippen LogP contribution is -2.33. The molecule has 3 aromatic heterocycles. The Morgan fingerprint density at radius 1 is 1.11 bits per heavy atom. The fourth-order valence-electron chi connectivity index (χ4n) is 4.75. The molecule has 1 saturated heterocycles. The quantitative estimate of drug-likeness (QED) is 0.287. The van der Waals surface area contributed by atoms with Crippen molar-refractivity contribution in [1.29, 1.82) is 0 Å². The third kappa shape index (κ3) is 5.92. The van der Waals surface area contributed by atoms with Gasteiger partial charge in [-0.05, 0) is 73.8 Å². The van der Waals surface area contributed by atoms with Crippen molar-refractivity contribution in [2.75, 3.05) is 18.4 Å². The summed E-state index contributed by atoms with van der Waals surface area (Å²) in [6.07, 6.45) is 7.34. The average Bonchev–Trinajstić information content (AvgIpc) is 3.37. The first kappa shape index (κ1) is 23.6. The van der Waals surface area contributed by atoms with Crippen molar-refractivity contribution in [3.8, 4) is 0 Å². The zero-order valence-electron chi connectivity index (χ0n) is 20.1. The van der Waals surface area contributed by atoms with Gasteiger partial charge in [-0.2, -0.15) is 0 Å². The summed E-state index contributed by atoms with van der Waals surface area (Å²) in [4.78, 5) is 29.3. The molecule has 0 spiro atoms. The average molecular weight is 486 g/mol. The molecule has 1 N–H and O–H groups in total. The van der Waals surface area contributed by atoms with Gasteiger partial charge in [0.05, 0.1) is 16.3 Å². The number of carbonyl (C=O) groups excluding carboxylic acids is 1. The minimum absolute atomic E-state index is 0.0104. The molecule has 1 aromatic carbocycles. The molecule has 6 nitrogen and oxygen atoms in total. The molecule has 35 heavy (non-hydrogen) atoms. The number of likely N-dealkylation sites (tertiary alicyclic amines) is 1. The van der Waals surface area contributed by atoms with Crippen LogP contribution < -0.4 is 5.32 Å². The zero-order chi connectivity index (χ0) is 24.0. The van der Waals surface area contributed by atoms with Gasteiger partial charge in [-0.1, -0.05) is 36.4 Å². The van der Waals surface area contributed by atoms with Gasteiger partial charge < -0.3 is 5.32 Å². The number of hydrogen-bond acceptors (Lipinski definition) is 7. The highest BCUT2D eigenvalue weighted by molar-refractivity contribution is 7.17. The summed E-state index contributed by atoms with van der Waals surface area (Å²) in [7, 11) is 0. The molecule has 0 radical (unpaired) electrons. The summed E-state index contributed by atoms with van der Waals surface area (Å²) in [5, 5.41) is 5.33. The number of Topliss-reactive ketones (excluding diaryl/α,β-unsaturated/α-hetero) is 1. The SMILES string of the molecule is C[C@H](Nc1nc(C(=O)CCC2CCN(Cc3ccccc3)CC2)c2sccc2n1)c1cccnc1. The van der Waals surface area contributed by atoms with Crippen LogP contribution in [0.15, 0.2) is 66.3 Å². The zero-order valence-corrected chi connectivity index (χ0v) is 20.9. The highest BCUT2D eigenvalue weighted by atomic mass is 32.1. The van der Waals surface area contributed by atoms with E-state index >= 15 is 0 Å². The van der Waals surface area contributed by atoms with Crippen LogP contribution in [0.25, 0.3) is 10.2 Å². The molecule has 0 aliphatic carbocycles. The Morgan fingerprint density at radius 2 is 1.94 bits per heavy atom. The van der Waals surface area contributed by atoms with Gasteiger partial charge in [-0.3, -0.25) is 14.7 Å². The lowest BCUT2D eigenvalue weighted by atomic mass is 9.90. The van der Waals surface area contributed by atoms with E-state index in [0.29, 0.717) is 24.0 Å². The Kier molecular flexibility index (Phi) is 7.45. The molecule has 0 saturated carbocycles. The van der Waals surface area contributed by atoms with Gasteiger partial charge in [0, 0.05) is 25.4 Å². The van der Waals surface area contributed by atoms with Crippen LogP contribution in [0, 0.1) is 5.92 Å². The predicted octanol–water partition coefficient (Wildman–Crippen LogP) is 6.13. The molecule has 4 aromatic rings. The number of anilines is 1. The molecular formula is C28H31N5OS. The monoisotopic (exact) mass is 485 g/mol. The fraction of sp³-hybridized carbons (Fsp3) is 0.357. The van der Waals surface area contributed by atoms with Gasteiger partial charge in [-0.25, -0.2) is 9.97 Å². The van der Waals surface area contributed by atoms with E-state index in [-0.39, 0.29) is 11.8 Å². The Balaban J connectivity index is 1.19. The van der Waals surface area contributed by atoms with Crippen LogP contribution in [0.2, 0.25) is 0 Å². The molecule has 7 heteroatoms. The number of pyridine rings is 1. The minimum atomic E-state index is -0.0104. The van der Waals surface area contributed by atoms with Gasteiger partial charge in [0.25, 0.3) is 0 Å². The highest BCUT2D eigenvalue weighted by Gasteiger charge is 2.22. The van der Waals surface area contributed by atoms with E-state index in [4.69, 9.17) is 0 Å². The molecule has 1 fully saturated rings. The van der Waals surface area contributed by atoms with Crippen molar-refractivity contribution < 1.29 is 4.79 Å². The summed E-state index contributed by atoms with van der Waals surface area (Å²) in [6.45, 7) is 5.24. The maximum absolute atomic E-state index is 13.3. The number of rotatable bonds is 9. The van der Waals surface area contributed by atoms with Crippen LogP contribution in [0.3, 0.4) is 0 Å². The van der Waals surface area contributed by atoms with E-state index in [2.05, 4.69) is 55.5 Å². The first-order chi connectivity index (χ1) is 17.2. The number of nitrogens with one attached hydrogen (secondary N) is 1. The molecule has 1 atom stereocenters. The van der Waals surface area contributed by atoms with E-state index < -0.39 is 0 Å². The molecular weight excluding hydrogens is 454 g/mol. The second kappa shape index (κ2) is 11.1. The number of aromatic nitrogens is 3. The number of fused-ring (bicyclic) bond motifs is 1. The third-order valence-electron chi connectivity index (χ3n) is 6.83. The summed E-state index contributed by atoms with van der Waals surface area (Å²) >= 11 is 1.54. The number of piperidine rings is 1. The number of benzene rings is 1. The van der Waals surface area contributed by atoms with E-state index in [9.17, 15) is 4.79 Å². The first-order valence-electron chi connectivity index (χ1n) is 12.4. The van der Waals surface area contributed by atoms with Gasteiger partial charge >= 0.3 is 0 Å². The van der Waals surface area contributed by atoms with Crippen molar-refractivity contribution >= 4 is 33.3 Å². The second-order valence-electron chi connectivity index (χ2n) is 9.35. The van der Waals surface area contributed by atoms with Crippen LogP contribution in [0.5, 0.6) is 0 Å². The maximum Gasteiger partial charge on any atom is 0.224 e. The molecule has 1 aliphatic rings. The van der Waals surface area contributed by atoms with Crippen molar-refractivity contribution in [2.45, 2.75) is 45.2 Å². The number of hydrogen-bond donors (Lipinski definition) is 1. The van der Waals surface area contributed by atoms with Crippen LogP contribution in [-0.2, 0) is 6.54 Å². The summed E-state index contributed by atoms with van der Waals surface area (Å²) in [5.74, 6) is 1.20. The van der Waals surface area contributed by atoms with Gasteiger partial charge in [0.2, 0.25) is 5.95 Å². The fourth-order valence-corrected chi connectivity index (χ4v) is 5.59. The van der Waals surface area contributed by atoms with E-state index in [1.807, 2.05) is 36.7 Å². The number of ketones is 1. The minimum Gasteiger partial charge on any atom is -0.348 e. The van der Waals surface area contributed by atoms with E-state index in [1.165, 1.54) is 16.9 Å². The lowest BCUT2D eigenvalue weighted by molar-refractivity contribution is 0.0958. The molecule has 5 rings (SSSR count). The number of nitrogens with zero attached hydrogens (tertiary/aromatic N) is 4. The Morgan fingerprint density at radius 3 is 2.71 bits per heavy atom. The van der Waals surface area contributed by atoms with Crippen molar-refractivity contribution in [1.82, 2.24) is 19.9 Å². The molecule has 180 valence electrons. The van der Waals surface area contributed by atoms with Gasteiger partial charge in [0.15, 0.2) is 5.78 Å². The van der Waals surface area contributed by atoms with Crippen molar-refractivity contribution in [3.05, 3.63) is 83.1 Å². The van der Waals surface area contributed by atoms with Gasteiger partial charge in [-0.15, -0.1) is 11.3 Å². The molecule has 0 bridgehead atoms. The topological polar surface area (TPSA) is 71.0 Å². The summed E-state index contributed by atoms with van der Waals surface area (Å²) in [5.41, 5.74) is 3.79. The molecule has 1 aliphatic heterocycles. The normalized spacial score (nSPS) is 15.8. The van der Waals surface area contributed by atoms with E-state index in [1.54, 1.807) is 6.20 Å². The molecule has 0 amide bonds.